The van der Waals surface area contributed by atoms with E-state index in [0.717, 1.165) is 65.2 Å². The van der Waals surface area contributed by atoms with Gasteiger partial charge in [0.25, 0.3) is 0 Å². The van der Waals surface area contributed by atoms with Crippen LogP contribution in [0.1, 0.15) is 40.0 Å². The average Bonchev–Trinajstić information content (AvgIpc) is 2.70. The highest BCUT2D eigenvalue weighted by molar-refractivity contribution is 5.91. The van der Waals surface area contributed by atoms with Crippen molar-refractivity contribution in [3.8, 4) is 0 Å². The van der Waals surface area contributed by atoms with Crippen molar-refractivity contribution >= 4 is 11.7 Å². The largest absolute Gasteiger partial charge is 0.381 e. The molecule has 2 saturated heterocycles. The molecule has 0 aliphatic carbocycles. The molecule has 3 rings (SSSR count). The van der Waals surface area contributed by atoms with Gasteiger partial charge in [0.1, 0.15) is 0 Å². The molecule has 1 aromatic rings. The van der Waals surface area contributed by atoms with Gasteiger partial charge in [0.2, 0.25) is 5.91 Å². The summed E-state index contributed by atoms with van der Waals surface area (Å²) < 4.78 is 19.5. The maximum Gasteiger partial charge on any atom is 0.228 e. The van der Waals surface area contributed by atoms with Crippen LogP contribution in [0.25, 0.3) is 0 Å². The van der Waals surface area contributed by atoms with Gasteiger partial charge >= 0.3 is 0 Å². The molecule has 0 bridgehead atoms. The van der Waals surface area contributed by atoms with Crippen molar-refractivity contribution in [2.24, 2.45) is 11.8 Å². The topological polar surface area (TPSA) is 57.7 Å². The van der Waals surface area contributed by atoms with Gasteiger partial charge in [-0.3, -0.25) is 9.69 Å². The van der Waals surface area contributed by atoms with Crippen molar-refractivity contribution in [2.75, 3.05) is 51.3 Å². The van der Waals surface area contributed by atoms with E-state index in [1.807, 2.05) is 6.92 Å². The van der Waals surface area contributed by atoms with Crippen LogP contribution in [0.5, 0.6) is 0 Å². The second-order valence-corrected chi connectivity index (χ2v) is 8.95. The summed E-state index contributed by atoms with van der Waals surface area (Å²) in [5.41, 5.74) is -0.0262. The summed E-state index contributed by atoms with van der Waals surface area (Å²) >= 11 is 0. The van der Waals surface area contributed by atoms with Crippen LogP contribution in [-0.2, 0) is 9.53 Å². The lowest BCUT2D eigenvalue weighted by atomic mass is 9.79. The number of ether oxygens (including phenoxy) is 1. The van der Waals surface area contributed by atoms with Gasteiger partial charge in [-0.2, -0.15) is 0 Å². The molecule has 1 aromatic heterocycles. The highest BCUT2D eigenvalue weighted by Crippen LogP contribution is 2.35. The fourth-order valence-corrected chi connectivity index (χ4v) is 4.70. The monoisotopic (exact) mass is 406 g/mol. The van der Waals surface area contributed by atoms with Crippen LogP contribution in [0.2, 0.25) is 0 Å². The molecule has 1 unspecified atom stereocenters. The Labute approximate surface area is 173 Å². The first-order valence-electron chi connectivity index (χ1n) is 10.9. The number of hydrogen-bond donors (Lipinski definition) is 1. The highest BCUT2D eigenvalue weighted by Gasteiger charge is 2.41. The number of nitrogens with one attached hydrogen (secondary N) is 1. The summed E-state index contributed by atoms with van der Waals surface area (Å²) in [5.74, 6) is -0.229. The molecule has 1 atom stereocenters. The predicted octanol–water partition coefficient (Wildman–Crippen LogP) is 3.01. The normalized spacial score (nSPS) is 21.8. The summed E-state index contributed by atoms with van der Waals surface area (Å²) in [6.07, 6.45) is 4.11. The number of hydrogen-bond acceptors (Lipinski definition) is 5. The Kier molecular flexibility index (Phi) is 7.60. The second-order valence-electron chi connectivity index (χ2n) is 8.95. The lowest BCUT2D eigenvalue weighted by Crippen LogP contribution is -2.60. The molecule has 0 spiro atoms. The molecule has 1 amide bonds. The van der Waals surface area contributed by atoms with Crippen LogP contribution < -0.4 is 5.32 Å². The van der Waals surface area contributed by atoms with Crippen LogP contribution in [-0.4, -0.2) is 72.2 Å². The van der Waals surface area contributed by atoms with E-state index in [2.05, 4.69) is 33.9 Å². The van der Waals surface area contributed by atoms with E-state index >= 15 is 0 Å². The van der Waals surface area contributed by atoms with E-state index in [0.29, 0.717) is 5.92 Å². The smallest absolute Gasteiger partial charge is 0.228 e. The highest BCUT2D eigenvalue weighted by atomic mass is 19.1. The number of amides is 1. The molecule has 0 radical (unpaired) electrons. The maximum atomic E-state index is 13.9. The van der Waals surface area contributed by atoms with Crippen LogP contribution >= 0.6 is 0 Å². The summed E-state index contributed by atoms with van der Waals surface area (Å²) in [6, 6.07) is 2.83. The minimum absolute atomic E-state index is 0.00711. The van der Waals surface area contributed by atoms with Gasteiger partial charge in [0, 0.05) is 63.6 Å². The molecule has 2 aliphatic rings. The van der Waals surface area contributed by atoms with Crippen molar-refractivity contribution in [1.29, 1.82) is 0 Å². The maximum absolute atomic E-state index is 13.9. The van der Waals surface area contributed by atoms with Gasteiger partial charge < -0.3 is 15.0 Å². The van der Waals surface area contributed by atoms with E-state index < -0.39 is 5.82 Å². The molecule has 2 fully saturated rings. The molecule has 1 N–H and O–H groups in total. The van der Waals surface area contributed by atoms with Crippen LogP contribution in [0.3, 0.4) is 0 Å². The third kappa shape index (κ3) is 5.74. The third-order valence-electron chi connectivity index (χ3n) is 6.22. The number of piperazine rings is 1. The molecule has 162 valence electrons. The molecule has 29 heavy (non-hydrogen) atoms. The Balaban J connectivity index is 1.64. The number of rotatable bonds is 7. The van der Waals surface area contributed by atoms with Gasteiger partial charge in [-0.05, 0) is 37.3 Å². The first kappa shape index (κ1) is 22.1. The fourth-order valence-electron chi connectivity index (χ4n) is 4.70. The van der Waals surface area contributed by atoms with E-state index in [1.165, 1.54) is 18.3 Å². The van der Waals surface area contributed by atoms with Crippen LogP contribution in [0.15, 0.2) is 18.3 Å². The van der Waals surface area contributed by atoms with Crippen molar-refractivity contribution in [2.45, 2.75) is 45.6 Å². The summed E-state index contributed by atoms with van der Waals surface area (Å²) in [4.78, 5) is 21.8. The summed E-state index contributed by atoms with van der Waals surface area (Å²) in [5, 5.41) is 2.67. The fraction of sp³-hybridized carbons (Fsp3) is 0.727. The minimum atomic E-state index is -0.505. The number of nitrogens with zero attached hydrogens (tertiary/aromatic N) is 3. The molecular weight excluding hydrogens is 371 g/mol. The molecule has 2 aliphatic heterocycles. The van der Waals surface area contributed by atoms with Crippen LogP contribution in [0, 0.1) is 17.7 Å². The Morgan fingerprint density at radius 1 is 1.24 bits per heavy atom. The number of carbonyl (C=O) groups excluding carboxylic acids is 1. The van der Waals surface area contributed by atoms with Gasteiger partial charge in [-0.1, -0.05) is 20.8 Å². The number of pyridine rings is 1. The van der Waals surface area contributed by atoms with E-state index in [1.54, 1.807) is 0 Å². The van der Waals surface area contributed by atoms with Gasteiger partial charge in [0.15, 0.2) is 11.6 Å². The lowest BCUT2D eigenvalue weighted by Gasteiger charge is -2.50. The SMILES string of the molecule is CC(C)CN1CCN(C2(CC(C)C(=O)Nc3ncccc3F)CCOCC2)CC1. The first-order valence-corrected chi connectivity index (χ1v) is 10.9. The van der Waals surface area contributed by atoms with Gasteiger partial charge in [-0.25, -0.2) is 9.37 Å². The quantitative estimate of drug-likeness (QED) is 0.754. The zero-order valence-electron chi connectivity index (χ0n) is 18.0. The first-order chi connectivity index (χ1) is 13.9. The second kappa shape index (κ2) is 9.96. The zero-order valence-corrected chi connectivity index (χ0v) is 18.0. The van der Waals surface area contributed by atoms with E-state index in [9.17, 15) is 9.18 Å². The Morgan fingerprint density at radius 3 is 2.55 bits per heavy atom. The minimum Gasteiger partial charge on any atom is -0.381 e. The van der Waals surface area contributed by atoms with Crippen molar-refractivity contribution in [1.82, 2.24) is 14.8 Å². The van der Waals surface area contributed by atoms with Gasteiger partial charge in [0.05, 0.1) is 0 Å². The summed E-state index contributed by atoms with van der Waals surface area (Å²) in [6.45, 7) is 13.2. The van der Waals surface area contributed by atoms with E-state index in [4.69, 9.17) is 4.74 Å². The Hall–Kier alpha value is -1.57. The molecule has 6 nitrogen and oxygen atoms in total. The van der Waals surface area contributed by atoms with Crippen molar-refractivity contribution < 1.29 is 13.9 Å². The number of carbonyl (C=O) groups is 1. The molecule has 3 heterocycles. The van der Waals surface area contributed by atoms with Crippen LogP contribution in [0.4, 0.5) is 10.2 Å². The number of aromatic nitrogens is 1. The van der Waals surface area contributed by atoms with Crippen molar-refractivity contribution in [3.05, 3.63) is 24.1 Å². The zero-order chi connectivity index (χ0) is 20.9. The van der Waals surface area contributed by atoms with E-state index in [-0.39, 0.29) is 23.2 Å². The Bertz CT molecular complexity index is 671. The number of halogens is 1. The van der Waals surface area contributed by atoms with Gasteiger partial charge in [-0.15, -0.1) is 0 Å². The molecule has 7 heteroatoms. The Morgan fingerprint density at radius 2 is 1.93 bits per heavy atom. The molecule has 0 aromatic carbocycles. The van der Waals surface area contributed by atoms with Crippen molar-refractivity contribution in [3.63, 3.8) is 0 Å². The molecule has 0 saturated carbocycles. The summed E-state index contributed by atoms with van der Waals surface area (Å²) in [7, 11) is 0. The standard InChI is InChI=1S/C22H35FN4O2/c1-17(2)16-26-9-11-27(12-10-26)22(6-13-29-14-7-22)15-18(3)21(28)25-20-19(23)5-4-8-24-20/h4-5,8,17-18H,6-7,9-16H2,1-3H3,(H,24,25,28). The predicted molar refractivity (Wildman–Crippen MR) is 112 cm³/mol. The third-order valence-corrected chi connectivity index (χ3v) is 6.22. The molecular formula is C22H35FN4O2. The number of anilines is 1. The average molecular weight is 407 g/mol. The lowest BCUT2D eigenvalue weighted by molar-refractivity contribution is -0.122.